The van der Waals surface area contributed by atoms with Crippen LogP contribution in [0, 0.1) is 0 Å². The lowest BCUT2D eigenvalue weighted by atomic mass is 9.83. The van der Waals surface area contributed by atoms with Gasteiger partial charge in [0.15, 0.2) is 0 Å². The van der Waals surface area contributed by atoms with Crippen LogP contribution >= 0.6 is 0 Å². The summed E-state index contributed by atoms with van der Waals surface area (Å²) in [5.74, 6) is 0. The molecule has 2 fully saturated rings. The molecular weight excluding hydrogens is 234 g/mol. The second-order valence-corrected chi connectivity index (χ2v) is 6.17. The van der Waals surface area contributed by atoms with Crippen LogP contribution in [0.3, 0.4) is 0 Å². The Morgan fingerprint density at radius 3 is 2.16 bits per heavy atom. The minimum Gasteiger partial charge on any atom is -0.386 e. The van der Waals surface area contributed by atoms with Gasteiger partial charge in [0.2, 0.25) is 0 Å². The van der Waals surface area contributed by atoms with E-state index in [4.69, 9.17) is 0 Å². The predicted octanol–water partition coefficient (Wildman–Crippen LogP) is 3.52. The van der Waals surface area contributed by atoms with E-state index in [1.54, 1.807) is 0 Å². The third-order valence-electron chi connectivity index (χ3n) is 5.08. The van der Waals surface area contributed by atoms with Crippen LogP contribution in [0.25, 0.3) is 0 Å². The van der Waals surface area contributed by atoms with Crippen molar-refractivity contribution in [3.63, 3.8) is 0 Å². The van der Waals surface area contributed by atoms with Gasteiger partial charge >= 0.3 is 0 Å². The Morgan fingerprint density at radius 1 is 0.895 bits per heavy atom. The van der Waals surface area contributed by atoms with Gasteiger partial charge in [-0.1, -0.05) is 49.6 Å². The van der Waals surface area contributed by atoms with Gasteiger partial charge in [0.25, 0.3) is 0 Å². The van der Waals surface area contributed by atoms with Crippen molar-refractivity contribution in [1.82, 2.24) is 4.90 Å². The third kappa shape index (κ3) is 2.44. The first-order chi connectivity index (χ1) is 9.33. The molecule has 1 aliphatic heterocycles. The van der Waals surface area contributed by atoms with Crippen LogP contribution in [0.1, 0.15) is 56.6 Å². The number of hydrogen-bond acceptors (Lipinski definition) is 2. The number of hydrogen-bond donors (Lipinski definition) is 1. The Bertz CT molecular complexity index is 391. The van der Waals surface area contributed by atoms with Crippen LogP contribution in [-0.4, -0.2) is 28.6 Å². The number of nitrogens with zero attached hydrogens (tertiary/aromatic N) is 1. The highest BCUT2D eigenvalue weighted by atomic mass is 16.3. The van der Waals surface area contributed by atoms with Gasteiger partial charge in [0, 0.05) is 0 Å². The van der Waals surface area contributed by atoms with Crippen molar-refractivity contribution < 1.29 is 5.11 Å². The van der Waals surface area contributed by atoms with Crippen molar-refractivity contribution in [2.75, 3.05) is 13.1 Å². The maximum absolute atomic E-state index is 11.0. The molecule has 0 aromatic heterocycles. The summed E-state index contributed by atoms with van der Waals surface area (Å²) < 4.78 is 0. The Balaban J connectivity index is 1.87. The number of benzene rings is 1. The average Bonchev–Trinajstić information content (AvgIpc) is 2.99. The van der Waals surface area contributed by atoms with Gasteiger partial charge in [-0.3, -0.25) is 4.90 Å². The molecule has 2 heteroatoms. The first-order valence-electron chi connectivity index (χ1n) is 7.81. The third-order valence-corrected chi connectivity index (χ3v) is 5.08. The van der Waals surface area contributed by atoms with E-state index in [-0.39, 0.29) is 11.6 Å². The zero-order chi connectivity index (χ0) is 13.1. The zero-order valence-electron chi connectivity index (χ0n) is 11.7. The Kier molecular flexibility index (Phi) is 3.90. The van der Waals surface area contributed by atoms with Crippen molar-refractivity contribution in [2.24, 2.45) is 0 Å². The molecule has 1 heterocycles. The van der Waals surface area contributed by atoms with Crippen LogP contribution < -0.4 is 0 Å². The molecule has 1 aromatic carbocycles. The average molecular weight is 259 g/mol. The number of aliphatic hydroxyl groups excluding tert-OH is 1. The molecule has 2 nitrogen and oxygen atoms in total. The summed E-state index contributed by atoms with van der Waals surface area (Å²) in [6.45, 7) is 2.34. The van der Waals surface area contributed by atoms with Crippen LogP contribution in [0.5, 0.6) is 0 Å². The molecule has 1 saturated heterocycles. The van der Waals surface area contributed by atoms with E-state index in [1.165, 1.54) is 45.2 Å². The monoisotopic (exact) mass is 259 g/mol. The molecule has 1 saturated carbocycles. The molecule has 1 N–H and O–H groups in total. The summed E-state index contributed by atoms with van der Waals surface area (Å²) >= 11 is 0. The minimum absolute atomic E-state index is 0.0156. The summed E-state index contributed by atoms with van der Waals surface area (Å²) in [5.41, 5.74) is 1.11. The zero-order valence-corrected chi connectivity index (χ0v) is 11.7. The fraction of sp³-hybridized carbons (Fsp3) is 0.647. The van der Waals surface area contributed by atoms with E-state index in [2.05, 4.69) is 17.0 Å². The lowest BCUT2D eigenvalue weighted by Crippen LogP contribution is -2.53. The summed E-state index contributed by atoms with van der Waals surface area (Å²) in [7, 11) is 0. The lowest BCUT2D eigenvalue weighted by Gasteiger charge is -2.46. The second kappa shape index (κ2) is 5.64. The normalized spacial score (nSPS) is 25.3. The largest absolute Gasteiger partial charge is 0.386 e. The summed E-state index contributed by atoms with van der Waals surface area (Å²) in [5, 5.41) is 11.0. The fourth-order valence-electron chi connectivity index (χ4n) is 4.03. The molecule has 0 unspecified atom stereocenters. The molecule has 19 heavy (non-hydrogen) atoms. The fourth-order valence-corrected chi connectivity index (χ4v) is 4.03. The van der Waals surface area contributed by atoms with Crippen molar-refractivity contribution in [1.29, 1.82) is 0 Å². The van der Waals surface area contributed by atoms with E-state index in [1.807, 2.05) is 18.2 Å². The van der Waals surface area contributed by atoms with Gasteiger partial charge in [0.1, 0.15) is 0 Å². The predicted molar refractivity (Wildman–Crippen MR) is 78.0 cm³/mol. The van der Waals surface area contributed by atoms with Gasteiger partial charge < -0.3 is 5.11 Å². The number of rotatable bonds is 3. The number of aliphatic hydroxyl groups is 1. The molecule has 1 atom stereocenters. The second-order valence-electron chi connectivity index (χ2n) is 6.17. The number of likely N-dealkylation sites (tertiary alicyclic amines) is 1. The Labute approximate surface area is 116 Å². The van der Waals surface area contributed by atoms with Gasteiger partial charge in [-0.15, -0.1) is 0 Å². The molecule has 104 valence electrons. The van der Waals surface area contributed by atoms with Crippen LogP contribution in [0.4, 0.5) is 0 Å². The minimum atomic E-state index is -0.325. The van der Waals surface area contributed by atoms with Crippen molar-refractivity contribution >= 4 is 0 Å². The van der Waals surface area contributed by atoms with E-state index >= 15 is 0 Å². The highest BCUT2D eigenvalue weighted by molar-refractivity contribution is 5.22. The number of piperidine rings is 1. The maximum atomic E-state index is 11.0. The topological polar surface area (TPSA) is 23.5 Å². The molecule has 0 amide bonds. The quantitative estimate of drug-likeness (QED) is 0.898. The smallest absolute Gasteiger partial charge is 0.0973 e. The van der Waals surface area contributed by atoms with Crippen LogP contribution in [-0.2, 0) is 0 Å². The van der Waals surface area contributed by atoms with Crippen LogP contribution in [0.2, 0.25) is 0 Å². The SMILES string of the molecule is O[C@H](c1ccccc1)C1(N2CCCCC2)CCCC1. The lowest BCUT2D eigenvalue weighted by molar-refractivity contribution is -0.0405. The highest BCUT2D eigenvalue weighted by Crippen LogP contribution is 2.45. The molecule has 1 aromatic rings. The van der Waals surface area contributed by atoms with Gasteiger partial charge in [-0.2, -0.15) is 0 Å². The molecule has 3 rings (SSSR count). The molecule has 2 aliphatic rings. The summed E-state index contributed by atoms with van der Waals surface area (Å²) in [6.07, 6.45) is 8.46. The Morgan fingerprint density at radius 2 is 1.53 bits per heavy atom. The van der Waals surface area contributed by atoms with E-state index in [0.717, 1.165) is 18.4 Å². The summed E-state index contributed by atoms with van der Waals surface area (Å²) in [6, 6.07) is 10.3. The molecular formula is C17H25NO. The van der Waals surface area contributed by atoms with Gasteiger partial charge in [-0.05, 0) is 44.3 Å². The molecule has 0 radical (unpaired) electrons. The molecule has 0 bridgehead atoms. The van der Waals surface area contributed by atoms with Crippen LogP contribution in [0.15, 0.2) is 30.3 Å². The van der Waals surface area contributed by atoms with E-state index in [0.29, 0.717) is 0 Å². The maximum Gasteiger partial charge on any atom is 0.0973 e. The van der Waals surface area contributed by atoms with Crippen molar-refractivity contribution in [3.8, 4) is 0 Å². The first-order valence-corrected chi connectivity index (χ1v) is 7.81. The van der Waals surface area contributed by atoms with Gasteiger partial charge in [0.05, 0.1) is 11.6 Å². The van der Waals surface area contributed by atoms with E-state index < -0.39 is 0 Å². The molecule has 1 aliphatic carbocycles. The van der Waals surface area contributed by atoms with Gasteiger partial charge in [-0.25, -0.2) is 0 Å². The standard InChI is InChI=1S/C17H25NO/c19-16(15-9-3-1-4-10-15)17(11-5-6-12-17)18-13-7-2-8-14-18/h1,3-4,9-10,16,19H,2,5-8,11-14H2/t16-/m1/s1. The summed E-state index contributed by atoms with van der Waals surface area (Å²) in [4.78, 5) is 2.60. The first kappa shape index (κ1) is 13.1. The van der Waals surface area contributed by atoms with Crippen molar-refractivity contribution in [3.05, 3.63) is 35.9 Å². The molecule has 0 spiro atoms. The Hall–Kier alpha value is -0.860. The van der Waals surface area contributed by atoms with E-state index in [9.17, 15) is 5.11 Å². The highest BCUT2D eigenvalue weighted by Gasteiger charge is 2.45. The van der Waals surface area contributed by atoms with Crippen molar-refractivity contribution in [2.45, 2.75) is 56.6 Å².